The molecule has 1 unspecified atom stereocenters. The fourth-order valence-corrected chi connectivity index (χ4v) is 5.35. The van der Waals surface area contributed by atoms with E-state index in [9.17, 15) is 0 Å². The van der Waals surface area contributed by atoms with Crippen molar-refractivity contribution in [2.75, 3.05) is 13.1 Å². The third kappa shape index (κ3) is 4.27. The Morgan fingerprint density at radius 2 is 1.76 bits per heavy atom. The third-order valence-corrected chi connectivity index (χ3v) is 7.01. The van der Waals surface area contributed by atoms with E-state index in [0.717, 1.165) is 53.6 Å². The Kier molecular flexibility index (Phi) is 6.02. The van der Waals surface area contributed by atoms with Crippen molar-refractivity contribution < 1.29 is 4.42 Å². The Labute approximate surface area is 201 Å². The second-order valence-electron chi connectivity index (χ2n) is 10.3. The van der Waals surface area contributed by atoms with Gasteiger partial charge in [-0.2, -0.15) is 0 Å². The van der Waals surface area contributed by atoms with Crippen LogP contribution in [-0.2, 0) is 0 Å². The maximum absolute atomic E-state index is 6.24. The summed E-state index contributed by atoms with van der Waals surface area (Å²) in [7, 11) is 0. The number of aromatic amines is 1. The summed E-state index contributed by atoms with van der Waals surface area (Å²) < 4.78 is 6.24. The van der Waals surface area contributed by atoms with Crippen LogP contribution in [0.3, 0.4) is 0 Å². The molecule has 1 aliphatic heterocycles. The molecule has 178 valence electrons. The summed E-state index contributed by atoms with van der Waals surface area (Å²) in [6.07, 6.45) is 2.28. The number of hydrogen-bond acceptors (Lipinski definition) is 5. The number of pyridine rings is 1. The molecule has 0 spiro atoms. The topological polar surface area (TPSA) is 70.8 Å². The van der Waals surface area contributed by atoms with E-state index >= 15 is 0 Å². The van der Waals surface area contributed by atoms with Crippen LogP contribution in [0.2, 0.25) is 0 Å². The first-order valence-corrected chi connectivity index (χ1v) is 12.5. The van der Waals surface area contributed by atoms with E-state index in [0.29, 0.717) is 23.8 Å². The third-order valence-electron chi connectivity index (χ3n) is 7.01. The number of aromatic nitrogens is 4. The molecule has 6 heteroatoms. The lowest BCUT2D eigenvalue weighted by molar-refractivity contribution is 0.157. The van der Waals surface area contributed by atoms with Gasteiger partial charge in [-0.25, -0.2) is 0 Å². The van der Waals surface area contributed by atoms with Crippen molar-refractivity contribution in [2.24, 2.45) is 0 Å². The normalized spacial score (nSPS) is 17.4. The van der Waals surface area contributed by atoms with Crippen LogP contribution in [-0.4, -0.2) is 44.2 Å². The summed E-state index contributed by atoms with van der Waals surface area (Å²) in [6, 6.07) is 11.3. The fraction of sp³-hybridized carbons (Fsp3) is 0.464. The number of fused-ring (bicyclic) bond motifs is 1. The number of H-pyrrole nitrogens is 1. The van der Waals surface area contributed by atoms with Gasteiger partial charge in [-0.15, -0.1) is 10.2 Å². The van der Waals surface area contributed by atoms with Crippen molar-refractivity contribution >= 4 is 10.9 Å². The average molecular weight is 458 g/mol. The second kappa shape index (κ2) is 8.99. The molecule has 1 aromatic carbocycles. The number of nitrogens with one attached hydrogen (secondary N) is 1. The predicted molar refractivity (Wildman–Crippen MR) is 137 cm³/mol. The first-order chi connectivity index (χ1) is 16.3. The average Bonchev–Trinajstić information content (AvgIpc) is 3.43. The van der Waals surface area contributed by atoms with Crippen LogP contribution in [0.5, 0.6) is 0 Å². The van der Waals surface area contributed by atoms with Gasteiger partial charge >= 0.3 is 0 Å². The second-order valence-corrected chi connectivity index (χ2v) is 10.3. The quantitative estimate of drug-likeness (QED) is 0.365. The molecular weight excluding hydrogens is 422 g/mol. The summed E-state index contributed by atoms with van der Waals surface area (Å²) in [5.74, 6) is 2.04. The Morgan fingerprint density at radius 3 is 2.47 bits per heavy atom. The lowest BCUT2D eigenvalue weighted by atomic mass is 9.95. The largest absolute Gasteiger partial charge is 0.420 e. The SMILES string of the molecule is Cc1cc(-c2[nH]c3ccc(-c4nnc(C5CCCN(C(C)C)C5)o4)cc3c2C(C)C)cc(C)n1. The molecule has 1 aliphatic rings. The highest BCUT2D eigenvalue weighted by Gasteiger charge is 2.27. The molecule has 1 atom stereocenters. The summed E-state index contributed by atoms with van der Waals surface area (Å²) in [5, 5.41) is 10.1. The standard InChI is InChI=1S/C28H35N5O/c1-16(2)25-23-14-20(9-10-24(23)30-26(25)22-12-18(5)29-19(6)13-22)27-31-32-28(34-27)21-8-7-11-33(15-21)17(3)4/h9-10,12-14,16-17,21,30H,7-8,11,15H2,1-6H3. The molecule has 0 aliphatic carbocycles. The molecule has 1 N–H and O–H groups in total. The molecule has 6 nitrogen and oxygen atoms in total. The van der Waals surface area contributed by atoms with Gasteiger partial charge in [0.15, 0.2) is 0 Å². The van der Waals surface area contributed by atoms with Crippen molar-refractivity contribution in [3.63, 3.8) is 0 Å². The zero-order chi connectivity index (χ0) is 24.0. The zero-order valence-corrected chi connectivity index (χ0v) is 21.1. The molecule has 1 saturated heterocycles. The van der Waals surface area contributed by atoms with Crippen LogP contribution in [0, 0.1) is 13.8 Å². The lowest BCUT2D eigenvalue weighted by Gasteiger charge is -2.33. The van der Waals surface area contributed by atoms with E-state index in [1.54, 1.807) is 0 Å². The molecule has 0 saturated carbocycles. The molecule has 34 heavy (non-hydrogen) atoms. The Hall–Kier alpha value is -2.99. The van der Waals surface area contributed by atoms with Gasteiger partial charge in [0.05, 0.1) is 11.6 Å². The monoisotopic (exact) mass is 457 g/mol. The van der Waals surface area contributed by atoms with Crippen molar-refractivity contribution in [3.05, 3.63) is 53.2 Å². The molecule has 0 radical (unpaired) electrons. The van der Waals surface area contributed by atoms with Gasteiger partial charge in [-0.05, 0) is 88.9 Å². The first-order valence-electron chi connectivity index (χ1n) is 12.5. The summed E-state index contributed by atoms with van der Waals surface area (Å²) in [6.45, 7) is 15.2. The first kappa shape index (κ1) is 22.8. The highest BCUT2D eigenvalue weighted by Crippen LogP contribution is 2.38. The van der Waals surface area contributed by atoms with E-state index in [-0.39, 0.29) is 0 Å². The van der Waals surface area contributed by atoms with Crippen molar-refractivity contribution in [1.29, 1.82) is 0 Å². The summed E-state index contributed by atoms with van der Waals surface area (Å²) >= 11 is 0. The van der Waals surface area contributed by atoms with E-state index in [1.807, 2.05) is 13.8 Å². The Morgan fingerprint density at radius 1 is 1.00 bits per heavy atom. The van der Waals surface area contributed by atoms with Crippen LogP contribution >= 0.6 is 0 Å². The highest BCUT2D eigenvalue weighted by molar-refractivity contribution is 5.93. The molecule has 1 fully saturated rings. The van der Waals surface area contributed by atoms with Crippen molar-refractivity contribution in [2.45, 2.75) is 72.3 Å². The molecular formula is C28H35N5O. The minimum Gasteiger partial charge on any atom is -0.420 e. The van der Waals surface area contributed by atoms with Crippen LogP contribution in [0.4, 0.5) is 0 Å². The number of piperidine rings is 1. The van der Waals surface area contributed by atoms with Crippen LogP contribution in [0.15, 0.2) is 34.7 Å². The fourth-order valence-electron chi connectivity index (χ4n) is 5.35. The lowest BCUT2D eigenvalue weighted by Crippen LogP contribution is -2.39. The van der Waals surface area contributed by atoms with Crippen molar-refractivity contribution in [3.8, 4) is 22.7 Å². The highest BCUT2D eigenvalue weighted by atomic mass is 16.4. The van der Waals surface area contributed by atoms with E-state index in [1.165, 1.54) is 22.9 Å². The van der Waals surface area contributed by atoms with Gasteiger partial charge in [0.2, 0.25) is 11.8 Å². The van der Waals surface area contributed by atoms with Gasteiger partial charge in [0, 0.05) is 46.0 Å². The zero-order valence-electron chi connectivity index (χ0n) is 21.1. The number of hydrogen-bond donors (Lipinski definition) is 1. The molecule has 3 aromatic heterocycles. The number of benzene rings is 1. The Bertz CT molecular complexity index is 1300. The van der Waals surface area contributed by atoms with Gasteiger partial charge in [-0.3, -0.25) is 4.98 Å². The molecule has 4 aromatic rings. The van der Waals surface area contributed by atoms with Gasteiger partial charge in [-0.1, -0.05) is 13.8 Å². The number of aryl methyl sites for hydroxylation is 2. The van der Waals surface area contributed by atoms with Gasteiger partial charge < -0.3 is 14.3 Å². The van der Waals surface area contributed by atoms with E-state index < -0.39 is 0 Å². The Balaban J connectivity index is 1.52. The summed E-state index contributed by atoms with van der Waals surface area (Å²) in [5.41, 5.74) is 7.80. The molecule has 4 heterocycles. The number of nitrogens with zero attached hydrogens (tertiary/aromatic N) is 4. The minimum atomic E-state index is 0.310. The molecule has 0 bridgehead atoms. The molecule has 5 rings (SSSR count). The van der Waals surface area contributed by atoms with Crippen LogP contribution < -0.4 is 0 Å². The number of likely N-dealkylation sites (tertiary alicyclic amines) is 1. The predicted octanol–water partition coefficient (Wildman–Crippen LogP) is 6.61. The van der Waals surface area contributed by atoms with E-state index in [4.69, 9.17) is 4.42 Å². The minimum absolute atomic E-state index is 0.310. The van der Waals surface area contributed by atoms with Gasteiger partial charge in [0.1, 0.15) is 0 Å². The van der Waals surface area contributed by atoms with Gasteiger partial charge in [0.25, 0.3) is 0 Å². The van der Waals surface area contributed by atoms with E-state index in [2.05, 4.69) is 83.1 Å². The smallest absolute Gasteiger partial charge is 0.247 e. The van der Waals surface area contributed by atoms with Crippen LogP contribution in [0.25, 0.3) is 33.6 Å². The van der Waals surface area contributed by atoms with Crippen LogP contribution in [0.1, 0.15) is 75.2 Å². The summed E-state index contributed by atoms with van der Waals surface area (Å²) in [4.78, 5) is 10.7. The maximum Gasteiger partial charge on any atom is 0.247 e. The molecule has 0 amide bonds. The van der Waals surface area contributed by atoms with Crippen molar-refractivity contribution in [1.82, 2.24) is 25.1 Å². The maximum atomic E-state index is 6.24. The number of rotatable bonds is 5.